The molecular weight excluding hydrogens is 222 g/mol. The fourth-order valence-electron chi connectivity index (χ4n) is 2.57. The summed E-state index contributed by atoms with van der Waals surface area (Å²) in [5.41, 5.74) is 2.27. The summed E-state index contributed by atoms with van der Waals surface area (Å²) in [7, 11) is 0. The molecule has 0 saturated carbocycles. The Bertz CT molecular complexity index is 427. The van der Waals surface area contributed by atoms with Crippen LogP contribution in [0.5, 0.6) is 0 Å². The molecule has 0 spiro atoms. The van der Waals surface area contributed by atoms with Crippen molar-refractivity contribution in [3.63, 3.8) is 0 Å². The van der Waals surface area contributed by atoms with Crippen LogP contribution in [0.3, 0.4) is 0 Å². The van der Waals surface area contributed by atoms with Crippen molar-refractivity contribution < 1.29 is 4.79 Å². The summed E-state index contributed by atoms with van der Waals surface area (Å²) in [5.74, 6) is 0.429. The minimum absolute atomic E-state index is 0.143. The number of nitrogens with one attached hydrogen (secondary N) is 1. The van der Waals surface area contributed by atoms with E-state index in [2.05, 4.69) is 45.1 Å². The molecule has 18 heavy (non-hydrogen) atoms. The summed E-state index contributed by atoms with van der Waals surface area (Å²) >= 11 is 0. The van der Waals surface area contributed by atoms with E-state index >= 15 is 0 Å². The fourth-order valence-corrected chi connectivity index (χ4v) is 2.57. The number of carbonyl (C=O) groups excluding carboxylic acids is 1. The van der Waals surface area contributed by atoms with Crippen LogP contribution in [0.1, 0.15) is 50.0 Å². The van der Waals surface area contributed by atoms with E-state index in [0.717, 1.165) is 18.5 Å². The van der Waals surface area contributed by atoms with Crippen LogP contribution in [-0.2, 0) is 5.41 Å². The van der Waals surface area contributed by atoms with Gasteiger partial charge in [-0.3, -0.25) is 4.79 Å². The number of carbonyl (C=O) groups is 1. The molecule has 1 aliphatic rings. The topological polar surface area (TPSA) is 29.1 Å². The van der Waals surface area contributed by atoms with E-state index in [1.807, 2.05) is 12.1 Å². The standard InChI is InChI=1S/C16H23NO/c1-11-14(9-10-17-11)15(18)12-5-7-13(8-6-12)16(2,3)4/h5-8,11,14,17H,9-10H2,1-4H3. The molecule has 1 saturated heterocycles. The minimum atomic E-state index is 0.143. The normalized spacial score (nSPS) is 24.2. The highest BCUT2D eigenvalue weighted by Crippen LogP contribution is 2.25. The third-order valence-corrected chi connectivity index (χ3v) is 3.90. The predicted octanol–water partition coefficient (Wildman–Crippen LogP) is 3.16. The van der Waals surface area contributed by atoms with Gasteiger partial charge in [-0.05, 0) is 30.9 Å². The lowest BCUT2D eigenvalue weighted by atomic mass is 9.85. The minimum Gasteiger partial charge on any atom is -0.313 e. The highest BCUT2D eigenvalue weighted by atomic mass is 16.1. The number of Topliss-reactive ketones (excluding diaryl/α,β-unsaturated/α-hetero) is 1. The molecule has 0 aromatic heterocycles. The van der Waals surface area contributed by atoms with Crippen molar-refractivity contribution in [3.8, 4) is 0 Å². The largest absolute Gasteiger partial charge is 0.313 e. The van der Waals surface area contributed by atoms with E-state index in [-0.39, 0.29) is 17.1 Å². The zero-order valence-corrected chi connectivity index (χ0v) is 11.8. The van der Waals surface area contributed by atoms with Crippen LogP contribution in [0.4, 0.5) is 0 Å². The van der Waals surface area contributed by atoms with Crippen molar-refractivity contribution in [2.24, 2.45) is 5.92 Å². The number of benzene rings is 1. The molecule has 1 heterocycles. The average molecular weight is 245 g/mol. The maximum Gasteiger partial charge on any atom is 0.167 e. The van der Waals surface area contributed by atoms with E-state index in [9.17, 15) is 4.79 Å². The summed E-state index contributed by atoms with van der Waals surface area (Å²) in [6, 6.07) is 8.43. The number of hydrogen-bond acceptors (Lipinski definition) is 2. The molecular formula is C16H23NO. The van der Waals surface area contributed by atoms with Gasteiger partial charge in [-0.15, -0.1) is 0 Å². The Balaban J connectivity index is 2.17. The van der Waals surface area contributed by atoms with Crippen LogP contribution in [0.2, 0.25) is 0 Å². The molecule has 1 aromatic carbocycles. The van der Waals surface area contributed by atoms with Gasteiger partial charge in [0.1, 0.15) is 0 Å². The quantitative estimate of drug-likeness (QED) is 0.811. The van der Waals surface area contributed by atoms with Crippen LogP contribution in [0, 0.1) is 5.92 Å². The highest BCUT2D eigenvalue weighted by molar-refractivity contribution is 5.98. The van der Waals surface area contributed by atoms with E-state index in [4.69, 9.17) is 0 Å². The first-order valence-electron chi connectivity index (χ1n) is 6.78. The van der Waals surface area contributed by atoms with Gasteiger partial charge >= 0.3 is 0 Å². The Hall–Kier alpha value is -1.15. The lowest BCUT2D eigenvalue weighted by molar-refractivity contribution is 0.0914. The van der Waals surface area contributed by atoms with Gasteiger partial charge in [0.25, 0.3) is 0 Å². The lowest BCUT2D eigenvalue weighted by Gasteiger charge is -2.20. The van der Waals surface area contributed by atoms with Crippen molar-refractivity contribution in [2.45, 2.75) is 45.6 Å². The van der Waals surface area contributed by atoms with Crippen LogP contribution in [-0.4, -0.2) is 18.4 Å². The van der Waals surface area contributed by atoms with E-state index in [1.165, 1.54) is 5.56 Å². The molecule has 0 amide bonds. The predicted molar refractivity (Wildman–Crippen MR) is 75.0 cm³/mol. The van der Waals surface area contributed by atoms with Crippen LogP contribution >= 0.6 is 0 Å². The monoisotopic (exact) mass is 245 g/mol. The summed E-state index contributed by atoms with van der Waals surface area (Å²) in [6.07, 6.45) is 0.959. The van der Waals surface area contributed by atoms with Crippen LogP contribution in [0.15, 0.2) is 24.3 Å². The average Bonchev–Trinajstić information content (AvgIpc) is 2.73. The van der Waals surface area contributed by atoms with Gasteiger partial charge in [-0.25, -0.2) is 0 Å². The molecule has 2 nitrogen and oxygen atoms in total. The zero-order valence-electron chi connectivity index (χ0n) is 11.8. The summed E-state index contributed by atoms with van der Waals surface area (Å²) in [5, 5.41) is 3.34. The number of hydrogen-bond donors (Lipinski definition) is 1. The Labute approximate surface area is 110 Å². The van der Waals surface area contributed by atoms with Crippen LogP contribution in [0.25, 0.3) is 0 Å². The third kappa shape index (κ3) is 2.64. The summed E-state index contributed by atoms with van der Waals surface area (Å²) in [4.78, 5) is 12.4. The molecule has 1 aliphatic heterocycles. The molecule has 2 unspecified atom stereocenters. The first-order valence-corrected chi connectivity index (χ1v) is 6.78. The number of rotatable bonds is 2. The zero-order chi connectivity index (χ0) is 13.3. The van der Waals surface area contributed by atoms with Gasteiger partial charge in [0.2, 0.25) is 0 Å². The van der Waals surface area contributed by atoms with E-state index < -0.39 is 0 Å². The van der Waals surface area contributed by atoms with E-state index in [0.29, 0.717) is 6.04 Å². The van der Waals surface area contributed by atoms with Gasteiger partial charge < -0.3 is 5.32 Å². The summed E-state index contributed by atoms with van der Waals surface area (Å²) in [6.45, 7) is 9.61. The lowest BCUT2D eigenvalue weighted by Crippen LogP contribution is -2.28. The second-order valence-electron chi connectivity index (χ2n) is 6.33. The maximum absolute atomic E-state index is 12.4. The molecule has 1 N–H and O–H groups in total. The van der Waals surface area contributed by atoms with Gasteiger partial charge in [0.15, 0.2) is 5.78 Å². The second kappa shape index (κ2) is 4.85. The molecule has 0 aliphatic carbocycles. The third-order valence-electron chi connectivity index (χ3n) is 3.90. The SMILES string of the molecule is CC1NCCC1C(=O)c1ccc(C(C)(C)C)cc1. The molecule has 2 atom stereocenters. The smallest absolute Gasteiger partial charge is 0.167 e. The summed E-state index contributed by atoms with van der Waals surface area (Å²) < 4.78 is 0. The van der Waals surface area contributed by atoms with Crippen molar-refractivity contribution in [1.82, 2.24) is 5.32 Å². The van der Waals surface area contributed by atoms with Crippen molar-refractivity contribution in [3.05, 3.63) is 35.4 Å². The molecule has 98 valence electrons. The molecule has 1 fully saturated rings. The van der Waals surface area contributed by atoms with Gasteiger partial charge in [-0.2, -0.15) is 0 Å². The molecule has 0 radical (unpaired) electrons. The second-order valence-corrected chi connectivity index (χ2v) is 6.33. The van der Waals surface area contributed by atoms with Gasteiger partial charge in [-0.1, -0.05) is 45.0 Å². The molecule has 1 aromatic rings. The molecule has 2 heteroatoms. The first kappa shape index (κ1) is 13.3. The maximum atomic E-state index is 12.4. The van der Waals surface area contributed by atoms with Crippen molar-refractivity contribution >= 4 is 5.78 Å². The highest BCUT2D eigenvalue weighted by Gasteiger charge is 2.30. The van der Waals surface area contributed by atoms with Gasteiger partial charge in [0, 0.05) is 17.5 Å². The molecule has 0 bridgehead atoms. The van der Waals surface area contributed by atoms with Gasteiger partial charge in [0.05, 0.1) is 0 Å². The van der Waals surface area contributed by atoms with Crippen molar-refractivity contribution in [2.75, 3.05) is 6.54 Å². The Morgan fingerprint density at radius 3 is 2.28 bits per heavy atom. The number of ketones is 1. The Morgan fingerprint density at radius 1 is 1.22 bits per heavy atom. The van der Waals surface area contributed by atoms with Crippen molar-refractivity contribution in [1.29, 1.82) is 0 Å². The van der Waals surface area contributed by atoms with Crippen LogP contribution < -0.4 is 5.32 Å². The Morgan fingerprint density at radius 2 is 1.83 bits per heavy atom. The van der Waals surface area contributed by atoms with E-state index in [1.54, 1.807) is 0 Å². The Kier molecular flexibility index (Phi) is 3.58. The fraction of sp³-hybridized carbons (Fsp3) is 0.562. The molecule has 2 rings (SSSR count). The first-order chi connectivity index (χ1) is 8.39.